The Morgan fingerprint density at radius 1 is 1.32 bits per heavy atom. The number of nitrogens with two attached hydrogens (primary N) is 2. The molecular formula is C16H20N4O5. The van der Waals surface area contributed by atoms with Crippen LogP contribution in [0, 0.1) is 0 Å². The number of amides is 4. The van der Waals surface area contributed by atoms with Gasteiger partial charge in [0.2, 0.25) is 17.7 Å². The van der Waals surface area contributed by atoms with Gasteiger partial charge in [0.05, 0.1) is 6.04 Å². The van der Waals surface area contributed by atoms with Crippen LogP contribution in [0.5, 0.6) is 0 Å². The summed E-state index contributed by atoms with van der Waals surface area (Å²) >= 11 is 0. The number of hydrogen-bond acceptors (Lipinski definition) is 6. The van der Waals surface area contributed by atoms with E-state index in [0.29, 0.717) is 4.90 Å². The van der Waals surface area contributed by atoms with E-state index >= 15 is 0 Å². The Labute approximate surface area is 144 Å². The Morgan fingerprint density at radius 2 is 1.96 bits per heavy atom. The van der Waals surface area contributed by atoms with Gasteiger partial charge < -0.3 is 21.5 Å². The zero-order valence-electron chi connectivity index (χ0n) is 13.7. The maximum Gasteiger partial charge on any atom is 0.417 e. The number of hydrogen-bond donors (Lipinski definition) is 3. The predicted molar refractivity (Wildman–Crippen MR) is 86.9 cm³/mol. The average molecular weight is 348 g/mol. The van der Waals surface area contributed by atoms with E-state index in [1.165, 1.54) is 6.92 Å². The van der Waals surface area contributed by atoms with Crippen LogP contribution in [0.25, 0.3) is 0 Å². The number of imide groups is 1. The molecule has 0 spiro atoms. The Morgan fingerprint density at radius 3 is 2.52 bits per heavy atom. The van der Waals surface area contributed by atoms with Crippen molar-refractivity contribution in [2.45, 2.75) is 31.5 Å². The largest absolute Gasteiger partial charge is 0.446 e. The zero-order chi connectivity index (χ0) is 18.6. The molecule has 1 aliphatic rings. The lowest BCUT2D eigenvalue weighted by atomic mass is 10.0. The van der Waals surface area contributed by atoms with Crippen LogP contribution in [0.15, 0.2) is 30.3 Å². The molecule has 1 saturated heterocycles. The molecule has 1 fully saturated rings. The molecule has 0 saturated carbocycles. The second-order valence-electron chi connectivity index (χ2n) is 5.74. The van der Waals surface area contributed by atoms with Crippen molar-refractivity contribution in [1.29, 1.82) is 0 Å². The Kier molecular flexibility index (Phi) is 5.71. The van der Waals surface area contributed by atoms with Gasteiger partial charge in [0.1, 0.15) is 12.6 Å². The fourth-order valence-electron chi connectivity index (χ4n) is 2.42. The molecule has 0 aromatic heterocycles. The molecule has 1 heterocycles. The standard InChI is InChI=1S/C16H20N4O5/c1-9(17)15(23)20-12(8-25-16(20)24)14(22)19-11(13(18)21)7-10-5-3-2-4-6-10/h2-6,9,11-12H,7-8,17H2,1H3,(H2,18,21)(H,19,22)/t9-,11-,12-/m0/s1. The molecule has 1 aliphatic heterocycles. The lowest BCUT2D eigenvalue weighted by Gasteiger charge is -2.23. The van der Waals surface area contributed by atoms with Crippen LogP contribution in [0.1, 0.15) is 12.5 Å². The lowest BCUT2D eigenvalue weighted by Crippen LogP contribution is -2.56. The highest BCUT2D eigenvalue weighted by molar-refractivity contribution is 6.02. The molecule has 0 bridgehead atoms. The number of primary amides is 1. The quantitative estimate of drug-likeness (QED) is 0.594. The average Bonchev–Trinajstić information content (AvgIpc) is 2.95. The van der Waals surface area contributed by atoms with Crippen molar-refractivity contribution in [3.05, 3.63) is 35.9 Å². The first kappa shape index (κ1) is 18.4. The number of benzene rings is 1. The summed E-state index contributed by atoms with van der Waals surface area (Å²) in [6.45, 7) is 1.09. The van der Waals surface area contributed by atoms with E-state index in [4.69, 9.17) is 16.2 Å². The van der Waals surface area contributed by atoms with Gasteiger partial charge in [0, 0.05) is 6.42 Å². The monoisotopic (exact) mass is 348 g/mol. The number of rotatable bonds is 6. The van der Waals surface area contributed by atoms with E-state index in [-0.39, 0.29) is 13.0 Å². The number of nitrogens with one attached hydrogen (secondary N) is 1. The van der Waals surface area contributed by atoms with E-state index in [0.717, 1.165) is 5.56 Å². The van der Waals surface area contributed by atoms with Gasteiger partial charge in [-0.05, 0) is 12.5 Å². The Balaban J connectivity index is 2.11. The molecule has 0 radical (unpaired) electrons. The summed E-state index contributed by atoms with van der Waals surface area (Å²) in [6, 6.07) is 5.83. The van der Waals surface area contributed by atoms with Gasteiger partial charge in [0.15, 0.2) is 6.04 Å². The molecule has 134 valence electrons. The van der Waals surface area contributed by atoms with Crippen molar-refractivity contribution in [3.8, 4) is 0 Å². The summed E-state index contributed by atoms with van der Waals surface area (Å²) in [5, 5.41) is 2.47. The van der Waals surface area contributed by atoms with Gasteiger partial charge in [-0.25, -0.2) is 9.69 Å². The summed E-state index contributed by atoms with van der Waals surface area (Å²) in [5.74, 6) is -2.17. The fourth-order valence-corrected chi connectivity index (χ4v) is 2.42. The van der Waals surface area contributed by atoms with Crippen molar-refractivity contribution >= 4 is 23.8 Å². The van der Waals surface area contributed by atoms with Gasteiger partial charge in [-0.1, -0.05) is 30.3 Å². The third-order valence-electron chi connectivity index (χ3n) is 3.75. The number of nitrogens with zero attached hydrogens (tertiary/aromatic N) is 1. The van der Waals surface area contributed by atoms with Gasteiger partial charge in [-0.15, -0.1) is 0 Å². The van der Waals surface area contributed by atoms with Crippen molar-refractivity contribution in [2.24, 2.45) is 11.5 Å². The van der Waals surface area contributed by atoms with Crippen LogP contribution < -0.4 is 16.8 Å². The van der Waals surface area contributed by atoms with Crippen molar-refractivity contribution in [1.82, 2.24) is 10.2 Å². The normalized spacial score (nSPS) is 19.0. The molecule has 1 aromatic rings. The second-order valence-corrected chi connectivity index (χ2v) is 5.74. The molecule has 5 N–H and O–H groups in total. The highest BCUT2D eigenvalue weighted by atomic mass is 16.6. The van der Waals surface area contributed by atoms with Crippen molar-refractivity contribution in [3.63, 3.8) is 0 Å². The molecule has 2 rings (SSSR count). The van der Waals surface area contributed by atoms with Crippen LogP contribution in [0.4, 0.5) is 4.79 Å². The van der Waals surface area contributed by atoms with E-state index in [1.807, 2.05) is 6.07 Å². The smallest absolute Gasteiger partial charge is 0.417 e. The van der Waals surface area contributed by atoms with Gasteiger partial charge in [-0.3, -0.25) is 14.4 Å². The Bertz CT molecular complexity index is 676. The van der Waals surface area contributed by atoms with E-state index in [9.17, 15) is 19.2 Å². The molecule has 0 unspecified atom stereocenters. The summed E-state index contributed by atoms with van der Waals surface area (Å²) in [7, 11) is 0. The molecule has 9 nitrogen and oxygen atoms in total. The predicted octanol–water partition coefficient (Wildman–Crippen LogP) is -1.11. The zero-order valence-corrected chi connectivity index (χ0v) is 13.7. The number of carbonyl (C=O) groups is 4. The van der Waals surface area contributed by atoms with Gasteiger partial charge in [-0.2, -0.15) is 0 Å². The fraction of sp³-hybridized carbons (Fsp3) is 0.375. The summed E-state index contributed by atoms with van der Waals surface area (Å²) < 4.78 is 4.76. The first-order valence-electron chi connectivity index (χ1n) is 7.70. The third-order valence-corrected chi connectivity index (χ3v) is 3.75. The second kappa shape index (κ2) is 7.75. The van der Waals surface area contributed by atoms with Crippen LogP contribution in [0.2, 0.25) is 0 Å². The van der Waals surface area contributed by atoms with Crippen molar-refractivity contribution < 1.29 is 23.9 Å². The third kappa shape index (κ3) is 4.32. The summed E-state index contributed by atoms with van der Waals surface area (Å²) in [5.41, 5.74) is 11.6. The molecule has 3 atom stereocenters. The topological polar surface area (TPSA) is 145 Å². The van der Waals surface area contributed by atoms with E-state index in [2.05, 4.69) is 5.32 Å². The molecule has 4 amide bonds. The minimum absolute atomic E-state index is 0.185. The number of ether oxygens (including phenoxy) is 1. The van der Waals surface area contributed by atoms with Crippen molar-refractivity contribution in [2.75, 3.05) is 6.61 Å². The first-order valence-corrected chi connectivity index (χ1v) is 7.70. The highest BCUT2D eigenvalue weighted by Crippen LogP contribution is 2.14. The summed E-state index contributed by atoms with van der Waals surface area (Å²) in [6.07, 6.45) is -0.758. The van der Waals surface area contributed by atoms with Crippen LogP contribution in [-0.4, -0.2) is 53.4 Å². The van der Waals surface area contributed by atoms with Gasteiger partial charge in [0.25, 0.3) is 0 Å². The molecule has 25 heavy (non-hydrogen) atoms. The number of cyclic esters (lactones) is 1. The SMILES string of the molecule is C[C@H](N)C(=O)N1C(=O)OC[C@H]1C(=O)N[C@@H](Cc1ccccc1)C(N)=O. The highest BCUT2D eigenvalue weighted by Gasteiger charge is 2.43. The minimum Gasteiger partial charge on any atom is -0.446 e. The lowest BCUT2D eigenvalue weighted by molar-refractivity contribution is -0.137. The van der Waals surface area contributed by atoms with E-state index in [1.54, 1.807) is 24.3 Å². The first-order chi connectivity index (χ1) is 11.8. The summed E-state index contributed by atoms with van der Waals surface area (Å²) in [4.78, 5) is 48.5. The van der Waals surface area contributed by atoms with Crippen LogP contribution in [0.3, 0.4) is 0 Å². The minimum atomic E-state index is -1.19. The van der Waals surface area contributed by atoms with Gasteiger partial charge >= 0.3 is 6.09 Å². The molecule has 9 heteroatoms. The number of carbonyl (C=O) groups excluding carboxylic acids is 4. The Hall–Kier alpha value is -2.94. The maximum absolute atomic E-state index is 12.4. The molecule has 1 aromatic carbocycles. The molecular weight excluding hydrogens is 328 g/mol. The van der Waals surface area contributed by atoms with Crippen LogP contribution >= 0.6 is 0 Å². The molecule has 0 aliphatic carbocycles. The maximum atomic E-state index is 12.4. The van der Waals surface area contributed by atoms with Crippen LogP contribution in [-0.2, 0) is 25.5 Å². The van der Waals surface area contributed by atoms with E-state index < -0.39 is 41.9 Å².